The first kappa shape index (κ1) is 15.6. The van der Waals surface area contributed by atoms with Gasteiger partial charge in [-0.1, -0.05) is 25.6 Å². The highest BCUT2D eigenvalue weighted by atomic mass is 32.2. The summed E-state index contributed by atoms with van der Waals surface area (Å²) >= 11 is 1.37. The predicted octanol–water partition coefficient (Wildman–Crippen LogP) is 2.17. The van der Waals surface area contributed by atoms with E-state index >= 15 is 0 Å². The third-order valence-corrected chi connectivity index (χ3v) is 4.19. The second-order valence-electron chi connectivity index (χ2n) is 5.21. The molecule has 0 radical (unpaired) electrons. The SMILES string of the molecule is CC(C)C(C)NC(=O)CSc1nncn1Cc1ccco1. The Labute approximate surface area is 128 Å². The maximum Gasteiger partial charge on any atom is 0.230 e. The lowest BCUT2D eigenvalue weighted by Gasteiger charge is -2.17. The molecule has 1 amide bonds. The molecule has 0 fully saturated rings. The van der Waals surface area contributed by atoms with Crippen molar-refractivity contribution in [2.45, 2.75) is 38.5 Å². The molecule has 114 valence electrons. The van der Waals surface area contributed by atoms with Gasteiger partial charge in [0, 0.05) is 6.04 Å². The fourth-order valence-electron chi connectivity index (χ4n) is 1.63. The average Bonchev–Trinajstić information content (AvgIpc) is 3.08. The van der Waals surface area contributed by atoms with Gasteiger partial charge in [-0.15, -0.1) is 10.2 Å². The lowest BCUT2D eigenvalue weighted by molar-refractivity contribution is -0.119. The predicted molar refractivity (Wildman–Crippen MR) is 81.0 cm³/mol. The number of rotatable bonds is 7. The van der Waals surface area contributed by atoms with E-state index in [-0.39, 0.29) is 11.9 Å². The summed E-state index contributed by atoms with van der Waals surface area (Å²) < 4.78 is 7.17. The summed E-state index contributed by atoms with van der Waals surface area (Å²) in [5, 5.41) is 11.6. The van der Waals surface area contributed by atoms with Crippen molar-refractivity contribution in [3.8, 4) is 0 Å². The van der Waals surface area contributed by atoms with Crippen LogP contribution in [-0.2, 0) is 11.3 Å². The number of furan rings is 1. The number of nitrogens with zero attached hydrogens (tertiary/aromatic N) is 3. The Morgan fingerprint density at radius 2 is 2.29 bits per heavy atom. The molecule has 0 bridgehead atoms. The second-order valence-corrected chi connectivity index (χ2v) is 6.15. The van der Waals surface area contributed by atoms with E-state index in [1.165, 1.54) is 11.8 Å². The summed E-state index contributed by atoms with van der Waals surface area (Å²) in [6.45, 7) is 6.73. The van der Waals surface area contributed by atoms with E-state index in [1.807, 2.05) is 23.6 Å². The minimum Gasteiger partial charge on any atom is -0.467 e. The van der Waals surface area contributed by atoms with Crippen molar-refractivity contribution in [2.75, 3.05) is 5.75 Å². The Balaban J connectivity index is 1.86. The lowest BCUT2D eigenvalue weighted by Crippen LogP contribution is -2.37. The van der Waals surface area contributed by atoms with Gasteiger partial charge in [-0.25, -0.2) is 0 Å². The van der Waals surface area contributed by atoms with Crippen LogP contribution in [0.25, 0.3) is 0 Å². The molecule has 0 aliphatic rings. The molecule has 2 aromatic rings. The van der Waals surface area contributed by atoms with E-state index in [1.54, 1.807) is 12.6 Å². The zero-order valence-corrected chi connectivity index (χ0v) is 13.3. The molecule has 6 nitrogen and oxygen atoms in total. The number of thioether (sulfide) groups is 1. The van der Waals surface area contributed by atoms with Gasteiger partial charge < -0.3 is 14.3 Å². The lowest BCUT2D eigenvalue weighted by atomic mass is 10.1. The van der Waals surface area contributed by atoms with Gasteiger partial charge >= 0.3 is 0 Å². The van der Waals surface area contributed by atoms with Gasteiger partial charge in [0.2, 0.25) is 5.91 Å². The first-order valence-corrected chi connectivity index (χ1v) is 7.87. The molecule has 0 aliphatic heterocycles. The van der Waals surface area contributed by atoms with Crippen LogP contribution in [0.1, 0.15) is 26.5 Å². The Kier molecular flexibility index (Phi) is 5.44. The molecule has 1 atom stereocenters. The highest BCUT2D eigenvalue weighted by Gasteiger charge is 2.13. The largest absolute Gasteiger partial charge is 0.467 e. The van der Waals surface area contributed by atoms with E-state index in [0.717, 1.165) is 5.76 Å². The number of carbonyl (C=O) groups excluding carboxylic acids is 1. The van der Waals surface area contributed by atoms with Gasteiger partial charge in [-0.05, 0) is 25.0 Å². The summed E-state index contributed by atoms with van der Waals surface area (Å²) in [6.07, 6.45) is 3.27. The number of amides is 1. The molecule has 2 heterocycles. The van der Waals surface area contributed by atoms with Crippen LogP contribution in [0.4, 0.5) is 0 Å². The van der Waals surface area contributed by atoms with Crippen molar-refractivity contribution in [3.63, 3.8) is 0 Å². The molecule has 21 heavy (non-hydrogen) atoms. The molecule has 0 saturated heterocycles. The zero-order chi connectivity index (χ0) is 15.2. The van der Waals surface area contributed by atoms with Crippen LogP contribution >= 0.6 is 11.8 Å². The van der Waals surface area contributed by atoms with Gasteiger partial charge in [0.25, 0.3) is 0 Å². The van der Waals surface area contributed by atoms with E-state index < -0.39 is 0 Å². The van der Waals surface area contributed by atoms with Crippen LogP contribution in [0.2, 0.25) is 0 Å². The summed E-state index contributed by atoms with van der Waals surface area (Å²) in [4.78, 5) is 11.9. The minimum atomic E-state index is 0.00810. The highest BCUT2D eigenvalue weighted by Crippen LogP contribution is 2.16. The van der Waals surface area contributed by atoms with Crippen LogP contribution in [-0.4, -0.2) is 32.5 Å². The minimum absolute atomic E-state index is 0.00810. The Morgan fingerprint density at radius 3 is 2.95 bits per heavy atom. The maximum absolute atomic E-state index is 11.9. The number of hydrogen-bond donors (Lipinski definition) is 1. The molecular formula is C14H20N4O2S. The Bertz CT molecular complexity index is 565. The van der Waals surface area contributed by atoms with Crippen molar-refractivity contribution < 1.29 is 9.21 Å². The molecule has 7 heteroatoms. The number of aromatic nitrogens is 3. The number of carbonyl (C=O) groups is 1. The first-order chi connectivity index (χ1) is 10.1. The molecule has 2 rings (SSSR count). The average molecular weight is 308 g/mol. The quantitative estimate of drug-likeness (QED) is 0.794. The maximum atomic E-state index is 11.9. The van der Waals surface area contributed by atoms with Gasteiger partial charge in [0.05, 0.1) is 18.6 Å². The fraction of sp³-hybridized carbons (Fsp3) is 0.500. The van der Waals surface area contributed by atoms with Crippen LogP contribution in [0.15, 0.2) is 34.3 Å². The van der Waals surface area contributed by atoms with Crippen molar-refractivity contribution >= 4 is 17.7 Å². The molecule has 2 aromatic heterocycles. The van der Waals surface area contributed by atoms with Crippen molar-refractivity contribution in [3.05, 3.63) is 30.5 Å². The van der Waals surface area contributed by atoms with Gasteiger partial charge in [0.15, 0.2) is 5.16 Å². The number of nitrogens with one attached hydrogen (secondary N) is 1. The molecule has 0 aromatic carbocycles. The van der Waals surface area contributed by atoms with Gasteiger partial charge in [0.1, 0.15) is 12.1 Å². The molecule has 0 saturated carbocycles. The molecular weight excluding hydrogens is 288 g/mol. The Morgan fingerprint density at radius 1 is 1.48 bits per heavy atom. The van der Waals surface area contributed by atoms with Gasteiger partial charge in [-0.2, -0.15) is 0 Å². The van der Waals surface area contributed by atoms with Crippen LogP contribution in [0.3, 0.4) is 0 Å². The fourth-order valence-corrected chi connectivity index (χ4v) is 2.35. The summed E-state index contributed by atoms with van der Waals surface area (Å²) in [6, 6.07) is 3.90. The molecule has 0 aliphatic carbocycles. The van der Waals surface area contributed by atoms with E-state index in [0.29, 0.717) is 23.4 Å². The standard InChI is InChI=1S/C14H20N4O2S/c1-10(2)11(3)16-13(19)8-21-14-17-15-9-18(14)7-12-5-4-6-20-12/h4-6,9-11H,7-8H2,1-3H3,(H,16,19). The topological polar surface area (TPSA) is 73.0 Å². The smallest absolute Gasteiger partial charge is 0.230 e. The van der Waals surface area contributed by atoms with Crippen LogP contribution in [0, 0.1) is 5.92 Å². The zero-order valence-electron chi connectivity index (χ0n) is 12.4. The summed E-state index contributed by atoms with van der Waals surface area (Å²) in [5.41, 5.74) is 0. The first-order valence-electron chi connectivity index (χ1n) is 6.88. The van der Waals surface area contributed by atoms with E-state index in [2.05, 4.69) is 29.4 Å². The molecule has 1 unspecified atom stereocenters. The monoisotopic (exact) mass is 308 g/mol. The summed E-state index contributed by atoms with van der Waals surface area (Å²) in [5.74, 6) is 1.58. The second kappa shape index (κ2) is 7.31. The third kappa shape index (κ3) is 4.63. The van der Waals surface area contributed by atoms with Gasteiger partial charge in [-0.3, -0.25) is 4.79 Å². The summed E-state index contributed by atoms with van der Waals surface area (Å²) in [7, 11) is 0. The van der Waals surface area contributed by atoms with E-state index in [4.69, 9.17) is 4.42 Å². The third-order valence-electron chi connectivity index (χ3n) is 3.21. The normalized spacial score (nSPS) is 12.6. The van der Waals surface area contributed by atoms with Crippen LogP contribution in [0.5, 0.6) is 0 Å². The van der Waals surface area contributed by atoms with Crippen molar-refractivity contribution in [2.24, 2.45) is 5.92 Å². The van der Waals surface area contributed by atoms with E-state index in [9.17, 15) is 4.79 Å². The van der Waals surface area contributed by atoms with Crippen molar-refractivity contribution in [1.82, 2.24) is 20.1 Å². The van der Waals surface area contributed by atoms with Crippen molar-refractivity contribution in [1.29, 1.82) is 0 Å². The Hall–Kier alpha value is -1.76. The van der Waals surface area contributed by atoms with Crippen LogP contribution < -0.4 is 5.32 Å². The number of hydrogen-bond acceptors (Lipinski definition) is 5. The molecule has 0 spiro atoms. The highest BCUT2D eigenvalue weighted by molar-refractivity contribution is 7.99. The molecule has 1 N–H and O–H groups in total.